The Hall–Kier alpha value is -1.78. The molecule has 0 bridgehead atoms. The van der Waals surface area contributed by atoms with Crippen molar-refractivity contribution in [2.75, 3.05) is 13.1 Å². The molecule has 1 aromatic heterocycles. The molecule has 4 nitrogen and oxygen atoms in total. The molecule has 1 aromatic carbocycles. The van der Waals surface area contributed by atoms with E-state index in [2.05, 4.69) is 15.3 Å². The maximum atomic E-state index is 6.13. The number of aromatic nitrogens is 1. The molecule has 0 radical (unpaired) electrons. The van der Waals surface area contributed by atoms with Crippen LogP contribution in [0.2, 0.25) is 10.0 Å². The molecule has 23 heavy (non-hydrogen) atoms. The van der Waals surface area contributed by atoms with E-state index < -0.39 is 0 Å². The third-order valence-electron chi connectivity index (χ3n) is 3.31. The highest BCUT2D eigenvalue weighted by molar-refractivity contribution is 6.35. The maximum absolute atomic E-state index is 6.13. The van der Waals surface area contributed by atoms with Gasteiger partial charge in [0.25, 0.3) is 0 Å². The molecule has 2 aromatic rings. The van der Waals surface area contributed by atoms with Crippen molar-refractivity contribution in [3.05, 3.63) is 63.9 Å². The van der Waals surface area contributed by atoms with Crippen molar-refractivity contribution in [1.82, 2.24) is 10.3 Å². The fraction of sp³-hybridized carbons (Fsp3) is 0.294. The second kappa shape index (κ2) is 9.38. The van der Waals surface area contributed by atoms with E-state index in [9.17, 15) is 0 Å². The van der Waals surface area contributed by atoms with Crippen LogP contribution in [0.25, 0.3) is 0 Å². The zero-order valence-electron chi connectivity index (χ0n) is 12.8. The van der Waals surface area contributed by atoms with Gasteiger partial charge < -0.3 is 11.1 Å². The van der Waals surface area contributed by atoms with Crippen molar-refractivity contribution in [1.29, 1.82) is 0 Å². The van der Waals surface area contributed by atoms with Crippen molar-refractivity contribution in [2.45, 2.75) is 19.3 Å². The van der Waals surface area contributed by atoms with E-state index in [1.54, 1.807) is 12.3 Å². The van der Waals surface area contributed by atoms with Gasteiger partial charge in [-0.3, -0.25) is 9.98 Å². The van der Waals surface area contributed by atoms with Gasteiger partial charge in [0.15, 0.2) is 5.96 Å². The van der Waals surface area contributed by atoms with E-state index in [0.717, 1.165) is 37.1 Å². The standard InChI is InChI=1S/C17H20Cl2N4/c18-14-7-6-13(16(19)12-14)4-3-10-22-17(20)23-11-8-15-5-1-2-9-21-15/h1-2,5-7,9,12H,3-4,8,10-11H2,(H3,20,22,23). The number of guanidine groups is 1. The lowest BCUT2D eigenvalue weighted by Crippen LogP contribution is -2.33. The number of pyridine rings is 1. The molecule has 3 N–H and O–H groups in total. The predicted molar refractivity (Wildman–Crippen MR) is 97.2 cm³/mol. The number of nitrogens with zero attached hydrogens (tertiary/aromatic N) is 2. The Morgan fingerprint density at radius 1 is 1.17 bits per heavy atom. The van der Waals surface area contributed by atoms with Gasteiger partial charge in [0, 0.05) is 41.4 Å². The van der Waals surface area contributed by atoms with Crippen molar-refractivity contribution >= 4 is 29.2 Å². The van der Waals surface area contributed by atoms with Crippen LogP contribution in [0.15, 0.2) is 47.6 Å². The second-order valence-electron chi connectivity index (χ2n) is 5.10. The molecule has 0 saturated heterocycles. The monoisotopic (exact) mass is 350 g/mol. The second-order valence-corrected chi connectivity index (χ2v) is 5.95. The summed E-state index contributed by atoms with van der Waals surface area (Å²) in [5.74, 6) is 0.461. The number of benzene rings is 1. The number of nitrogens with one attached hydrogen (secondary N) is 1. The lowest BCUT2D eigenvalue weighted by atomic mass is 10.1. The number of hydrogen-bond donors (Lipinski definition) is 2. The normalized spacial score (nSPS) is 11.5. The van der Waals surface area contributed by atoms with Crippen molar-refractivity contribution in [2.24, 2.45) is 10.7 Å². The predicted octanol–water partition coefficient (Wildman–Crippen LogP) is 3.47. The van der Waals surface area contributed by atoms with E-state index in [1.165, 1.54) is 0 Å². The average Bonchev–Trinajstić information content (AvgIpc) is 2.54. The van der Waals surface area contributed by atoms with E-state index in [1.807, 2.05) is 30.3 Å². The summed E-state index contributed by atoms with van der Waals surface area (Å²) >= 11 is 12.0. The summed E-state index contributed by atoms with van der Waals surface area (Å²) in [6.07, 6.45) is 4.33. The van der Waals surface area contributed by atoms with Gasteiger partial charge in [-0.1, -0.05) is 35.3 Å². The zero-order chi connectivity index (χ0) is 16.5. The van der Waals surface area contributed by atoms with E-state index >= 15 is 0 Å². The largest absolute Gasteiger partial charge is 0.370 e. The molecule has 0 aliphatic heterocycles. The minimum atomic E-state index is 0.461. The Morgan fingerprint density at radius 3 is 2.78 bits per heavy atom. The number of halogens is 2. The molecule has 0 aliphatic carbocycles. The lowest BCUT2D eigenvalue weighted by Gasteiger charge is -2.06. The first kappa shape index (κ1) is 17.6. The number of aliphatic imine (C=N–C) groups is 1. The molecule has 0 spiro atoms. The molecule has 122 valence electrons. The Bertz CT molecular complexity index is 644. The smallest absolute Gasteiger partial charge is 0.188 e. The number of nitrogens with two attached hydrogens (primary N) is 1. The summed E-state index contributed by atoms with van der Waals surface area (Å²) in [7, 11) is 0. The zero-order valence-corrected chi connectivity index (χ0v) is 14.3. The van der Waals surface area contributed by atoms with Gasteiger partial charge in [-0.15, -0.1) is 0 Å². The van der Waals surface area contributed by atoms with Crippen LogP contribution in [-0.4, -0.2) is 24.0 Å². The molecule has 0 saturated carbocycles. The number of hydrogen-bond acceptors (Lipinski definition) is 2. The topological polar surface area (TPSA) is 63.3 Å². The SMILES string of the molecule is NC(=NCCCc1ccc(Cl)cc1Cl)NCCc1ccccn1. The van der Waals surface area contributed by atoms with Crippen molar-refractivity contribution in [3.8, 4) is 0 Å². The molecular weight excluding hydrogens is 331 g/mol. The highest BCUT2D eigenvalue weighted by Crippen LogP contribution is 2.21. The quantitative estimate of drug-likeness (QED) is 0.456. The fourth-order valence-electron chi connectivity index (χ4n) is 2.11. The molecule has 2 rings (SSSR count). The van der Waals surface area contributed by atoms with Gasteiger partial charge >= 0.3 is 0 Å². The molecule has 0 fully saturated rings. The first-order valence-electron chi connectivity index (χ1n) is 7.53. The first-order valence-corrected chi connectivity index (χ1v) is 8.28. The highest BCUT2D eigenvalue weighted by Gasteiger charge is 2.01. The highest BCUT2D eigenvalue weighted by atomic mass is 35.5. The third kappa shape index (κ3) is 6.47. The number of rotatable bonds is 7. The van der Waals surface area contributed by atoms with Crippen LogP contribution in [-0.2, 0) is 12.8 Å². The Balaban J connectivity index is 1.66. The molecule has 0 atom stereocenters. The first-order chi connectivity index (χ1) is 11.1. The van der Waals surface area contributed by atoms with Gasteiger partial charge in [0.05, 0.1) is 0 Å². The average molecular weight is 351 g/mol. The van der Waals surface area contributed by atoms with Gasteiger partial charge in [0.1, 0.15) is 0 Å². The summed E-state index contributed by atoms with van der Waals surface area (Å²) in [4.78, 5) is 8.57. The number of aryl methyl sites for hydroxylation is 1. The van der Waals surface area contributed by atoms with E-state index in [4.69, 9.17) is 28.9 Å². The van der Waals surface area contributed by atoms with Gasteiger partial charge in [-0.25, -0.2) is 0 Å². The fourth-order valence-corrected chi connectivity index (χ4v) is 2.62. The summed E-state index contributed by atoms with van der Waals surface area (Å²) in [6, 6.07) is 11.4. The van der Waals surface area contributed by atoms with Crippen LogP contribution in [0.1, 0.15) is 17.7 Å². The molecular formula is C17H20Cl2N4. The summed E-state index contributed by atoms with van der Waals surface area (Å²) in [5.41, 5.74) is 7.95. The molecule has 0 amide bonds. The van der Waals surface area contributed by atoms with Gasteiger partial charge in [0.2, 0.25) is 0 Å². The molecule has 6 heteroatoms. The summed E-state index contributed by atoms with van der Waals surface area (Å²) in [6.45, 7) is 1.37. The van der Waals surface area contributed by atoms with Crippen LogP contribution in [0.3, 0.4) is 0 Å². The minimum absolute atomic E-state index is 0.461. The van der Waals surface area contributed by atoms with Gasteiger partial charge in [-0.2, -0.15) is 0 Å². The minimum Gasteiger partial charge on any atom is -0.370 e. The maximum Gasteiger partial charge on any atom is 0.188 e. The van der Waals surface area contributed by atoms with Crippen LogP contribution >= 0.6 is 23.2 Å². The van der Waals surface area contributed by atoms with E-state index in [0.29, 0.717) is 22.5 Å². The third-order valence-corrected chi connectivity index (χ3v) is 3.90. The van der Waals surface area contributed by atoms with Crippen LogP contribution in [0.5, 0.6) is 0 Å². The lowest BCUT2D eigenvalue weighted by molar-refractivity contribution is 0.801. The Morgan fingerprint density at radius 2 is 2.04 bits per heavy atom. The van der Waals surface area contributed by atoms with Gasteiger partial charge in [-0.05, 0) is 42.7 Å². The van der Waals surface area contributed by atoms with Crippen molar-refractivity contribution < 1.29 is 0 Å². The Kier molecular flexibility index (Phi) is 7.17. The summed E-state index contributed by atoms with van der Waals surface area (Å²) in [5, 5.41) is 4.44. The van der Waals surface area contributed by atoms with Crippen molar-refractivity contribution in [3.63, 3.8) is 0 Å². The van der Waals surface area contributed by atoms with Crippen LogP contribution in [0.4, 0.5) is 0 Å². The molecule has 1 heterocycles. The summed E-state index contributed by atoms with van der Waals surface area (Å²) < 4.78 is 0. The van der Waals surface area contributed by atoms with Crippen LogP contribution < -0.4 is 11.1 Å². The Labute approximate surface area is 146 Å². The molecule has 0 unspecified atom stereocenters. The molecule has 0 aliphatic rings. The van der Waals surface area contributed by atoms with E-state index in [-0.39, 0.29) is 0 Å². The van der Waals surface area contributed by atoms with Crippen LogP contribution in [0, 0.1) is 0 Å².